The van der Waals surface area contributed by atoms with Crippen LogP contribution in [0, 0.1) is 5.92 Å². The second-order valence-electron chi connectivity index (χ2n) is 7.14. The van der Waals surface area contributed by atoms with Gasteiger partial charge >= 0.3 is 0 Å². The van der Waals surface area contributed by atoms with Gasteiger partial charge in [0.2, 0.25) is 5.91 Å². The van der Waals surface area contributed by atoms with Gasteiger partial charge in [-0.3, -0.25) is 14.6 Å². The molecular formula is C22H27N3O2S. The highest BCUT2D eigenvalue weighted by molar-refractivity contribution is 8.00. The summed E-state index contributed by atoms with van der Waals surface area (Å²) in [5.74, 6) is 0.823. The largest absolute Gasteiger partial charge is 0.355 e. The number of nitrogens with zero attached hydrogens (tertiary/aromatic N) is 1. The van der Waals surface area contributed by atoms with E-state index in [1.807, 2.05) is 30.3 Å². The Morgan fingerprint density at radius 3 is 2.64 bits per heavy atom. The van der Waals surface area contributed by atoms with Crippen molar-refractivity contribution < 1.29 is 9.59 Å². The number of nitrogens with one attached hydrogen (secondary N) is 2. The van der Waals surface area contributed by atoms with E-state index in [0.29, 0.717) is 23.8 Å². The molecule has 3 rings (SSSR count). The average molecular weight is 398 g/mol. The first kappa shape index (κ1) is 20.4. The standard InChI is InChI=1S/C22H27N3O2S/c26-21(24-14-17-7-2-1-3-8-17)16-28-20-11-5-4-10-19(20)22(27)25-15-18-9-6-12-23-13-18/h4-6,9-13,17H,1-3,7-8,14-16H2,(H,24,26)(H,25,27). The normalized spacial score (nSPS) is 14.4. The highest BCUT2D eigenvalue weighted by Crippen LogP contribution is 2.24. The molecule has 6 heteroatoms. The van der Waals surface area contributed by atoms with Gasteiger partial charge in [0.25, 0.3) is 5.91 Å². The molecule has 0 saturated heterocycles. The molecule has 0 atom stereocenters. The first-order chi connectivity index (χ1) is 13.7. The molecule has 1 aliphatic carbocycles. The zero-order chi connectivity index (χ0) is 19.6. The molecule has 2 amide bonds. The van der Waals surface area contributed by atoms with Crippen molar-refractivity contribution >= 4 is 23.6 Å². The Labute approximate surface area is 170 Å². The van der Waals surface area contributed by atoms with Crippen molar-refractivity contribution in [1.29, 1.82) is 0 Å². The second kappa shape index (κ2) is 10.9. The fourth-order valence-electron chi connectivity index (χ4n) is 3.40. The Bertz CT molecular complexity index is 776. The zero-order valence-corrected chi connectivity index (χ0v) is 16.8. The van der Waals surface area contributed by atoms with E-state index in [1.165, 1.54) is 43.9 Å². The van der Waals surface area contributed by atoms with Gasteiger partial charge in [-0.2, -0.15) is 0 Å². The van der Waals surface area contributed by atoms with Crippen LogP contribution in [0.25, 0.3) is 0 Å². The van der Waals surface area contributed by atoms with E-state index >= 15 is 0 Å². The van der Waals surface area contributed by atoms with Crippen LogP contribution >= 0.6 is 11.8 Å². The smallest absolute Gasteiger partial charge is 0.252 e. The van der Waals surface area contributed by atoms with Gasteiger partial charge in [0.05, 0.1) is 11.3 Å². The number of benzene rings is 1. The number of carbonyl (C=O) groups is 2. The third-order valence-corrected chi connectivity index (χ3v) is 6.05. The number of aromatic nitrogens is 1. The molecule has 0 radical (unpaired) electrons. The summed E-state index contributed by atoms with van der Waals surface area (Å²) in [5.41, 5.74) is 1.54. The molecule has 0 unspecified atom stereocenters. The molecule has 1 heterocycles. The van der Waals surface area contributed by atoms with E-state index in [1.54, 1.807) is 18.5 Å². The molecule has 1 fully saturated rings. The molecule has 1 aromatic carbocycles. The zero-order valence-electron chi connectivity index (χ0n) is 16.0. The van der Waals surface area contributed by atoms with Gasteiger partial charge in [-0.15, -0.1) is 11.8 Å². The van der Waals surface area contributed by atoms with Gasteiger partial charge in [0, 0.05) is 30.4 Å². The van der Waals surface area contributed by atoms with Gasteiger partial charge in [-0.05, 0) is 42.5 Å². The summed E-state index contributed by atoms with van der Waals surface area (Å²) in [6.07, 6.45) is 9.74. The fraction of sp³-hybridized carbons (Fsp3) is 0.409. The lowest BCUT2D eigenvalue weighted by molar-refractivity contribution is -0.118. The van der Waals surface area contributed by atoms with Crippen molar-refractivity contribution in [3.8, 4) is 0 Å². The number of rotatable bonds is 8. The van der Waals surface area contributed by atoms with Crippen LogP contribution in [0.15, 0.2) is 53.7 Å². The van der Waals surface area contributed by atoms with Crippen molar-refractivity contribution in [2.75, 3.05) is 12.3 Å². The van der Waals surface area contributed by atoms with Crippen LogP contribution in [0.4, 0.5) is 0 Å². The van der Waals surface area contributed by atoms with Gasteiger partial charge in [-0.25, -0.2) is 0 Å². The molecule has 1 aromatic heterocycles. The number of carbonyl (C=O) groups excluding carboxylic acids is 2. The minimum Gasteiger partial charge on any atom is -0.355 e. The Morgan fingerprint density at radius 2 is 1.86 bits per heavy atom. The number of hydrogen-bond donors (Lipinski definition) is 2. The SMILES string of the molecule is O=C(CSc1ccccc1C(=O)NCc1cccnc1)NCC1CCCCC1. The fourth-order valence-corrected chi connectivity index (χ4v) is 4.28. The van der Waals surface area contributed by atoms with Crippen LogP contribution in [0.5, 0.6) is 0 Å². The summed E-state index contributed by atoms with van der Waals surface area (Å²) in [4.78, 5) is 29.7. The molecule has 0 bridgehead atoms. The lowest BCUT2D eigenvalue weighted by Crippen LogP contribution is -2.31. The Kier molecular flexibility index (Phi) is 7.91. The average Bonchev–Trinajstić information content (AvgIpc) is 2.76. The lowest BCUT2D eigenvalue weighted by Gasteiger charge is -2.21. The number of thioether (sulfide) groups is 1. The second-order valence-corrected chi connectivity index (χ2v) is 8.15. The molecule has 0 spiro atoms. The Hall–Kier alpha value is -2.34. The maximum Gasteiger partial charge on any atom is 0.252 e. The predicted molar refractivity (Wildman–Crippen MR) is 112 cm³/mol. The van der Waals surface area contributed by atoms with Gasteiger partial charge in [0.1, 0.15) is 0 Å². The summed E-state index contributed by atoms with van der Waals surface area (Å²) in [5, 5.41) is 5.97. The first-order valence-corrected chi connectivity index (χ1v) is 10.9. The predicted octanol–water partition coefficient (Wildman–Crippen LogP) is 3.80. The molecule has 1 saturated carbocycles. The van der Waals surface area contributed by atoms with E-state index < -0.39 is 0 Å². The van der Waals surface area contributed by atoms with E-state index in [-0.39, 0.29) is 11.8 Å². The molecule has 5 nitrogen and oxygen atoms in total. The number of hydrogen-bond acceptors (Lipinski definition) is 4. The van der Waals surface area contributed by atoms with Crippen molar-refractivity contribution in [2.45, 2.75) is 43.5 Å². The Morgan fingerprint density at radius 1 is 1.04 bits per heavy atom. The maximum absolute atomic E-state index is 12.6. The van der Waals surface area contributed by atoms with Crippen LogP contribution < -0.4 is 10.6 Å². The van der Waals surface area contributed by atoms with Crippen LogP contribution in [0.2, 0.25) is 0 Å². The summed E-state index contributed by atoms with van der Waals surface area (Å²) in [7, 11) is 0. The molecule has 148 valence electrons. The topological polar surface area (TPSA) is 71.1 Å². The highest BCUT2D eigenvalue weighted by atomic mass is 32.2. The molecular weight excluding hydrogens is 370 g/mol. The third kappa shape index (κ3) is 6.37. The Balaban J connectivity index is 1.48. The summed E-state index contributed by atoms with van der Waals surface area (Å²) in [6, 6.07) is 11.2. The maximum atomic E-state index is 12.6. The lowest BCUT2D eigenvalue weighted by atomic mass is 9.89. The van der Waals surface area contributed by atoms with Gasteiger partial charge < -0.3 is 10.6 Å². The number of amides is 2. The van der Waals surface area contributed by atoms with E-state index in [0.717, 1.165) is 17.0 Å². The minimum absolute atomic E-state index is 0.0288. The quantitative estimate of drug-likeness (QED) is 0.665. The molecule has 2 aromatic rings. The summed E-state index contributed by atoms with van der Waals surface area (Å²) < 4.78 is 0. The van der Waals surface area contributed by atoms with Crippen LogP contribution in [-0.4, -0.2) is 29.1 Å². The van der Waals surface area contributed by atoms with E-state index in [9.17, 15) is 9.59 Å². The van der Waals surface area contributed by atoms with Crippen molar-refractivity contribution in [2.24, 2.45) is 5.92 Å². The van der Waals surface area contributed by atoms with Gasteiger partial charge in [0.15, 0.2) is 0 Å². The van der Waals surface area contributed by atoms with E-state index in [2.05, 4.69) is 15.6 Å². The molecule has 0 aliphatic heterocycles. The monoisotopic (exact) mass is 397 g/mol. The number of pyridine rings is 1. The molecule has 1 aliphatic rings. The first-order valence-electron chi connectivity index (χ1n) is 9.88. The van der Waals surface area contributed by atoms with E-state index in [4.69, 9.17) is 0 Å². The molecule has 28 heavy (non-hydrogen) atoms. The summed E-state index contributed by atoms with van der Waals surface area (Å²) in [6.45, 7) is 1.19. The van der Waals surface area contributed by atoms with Crippen LogP contribution in [0.1, 0.15) is 48.0 Å². The minimum atomic E-state index is -0.144. The van der Waals surface area contributed by atoms with Crippen molar-refractivity contribution in [3.05, 3.63) is 59.9 Å². The van der Waals surface area contributed by atoms with Gasteiger partial charge in [-0.1, -0.05) is 37.5 Å². The van der Waals surface area contributed by atoms with Crippen molar-refractivity contribution in [3.63, 3.8) is 0 Å². The van der Waals surface area contributed by atoms with Crippen LogP contribution in [-0.2, 0) is 11.3 Å². The molecule has 2 N–H and O–H groups in total. The van der Waals surface area contributed by atoms with Crippen LogP contribution in [0.3, 0.4) is 0 Å². The third-order valence-electron chi connectivity index (χ3n) is 4.98. The summed E-state index contributed by atoms with van der Waals surface area (Å²) >= 11 is 1.41. The van der Waals surface area contributed by atoms with Crippen molar-refractivity contribution in [1.82, 2.24) is 15.6 Å². The highest BCUT2D eigenvalue weighted by Gasteiger charge is 2.15.